The van der Waals surface area contributed by atoms with Crippen LogP contribution in [0.15, 0.2) is 78.9 Å². The molecule has 0 spiro atoms. The number of hydrogen-bond acceptors (Lipinski definition) is 10. The average molecular weight is 769 g/mol. The van der Waals surface area contributed by atoms with Crippen LogP contribution in [-0.2, 0) is 38.6 Å². The molecule has 11 nitrogen and oxygen atoms in total. The van der Waals surface area contributed by atoms with Crippen LogP contribution in [0.5, 0.6) is 11.5 Å². The Balaban J connectivity index is 1.32. The Morgan fingerprint density at radius 3 is 1.35 bits per heavy atom. The third-order valence-electron chi connectivity index (χ3n) is 9.11. The van der Waals surface area contributed by atoms with Gasteiger partial charge in [0, 0.05) is 30.8 Å². The Hall–Kier alpha value is -3.30. The zero-order valence-electron chi connectivity index (χ0n) is 33.1. The van der Waals surface area contributed by atoms with Crippen LogP contribution in [-0.4, -0.2) is 116 Å². The molecule has 0 unspecified atom stereocenters. The fraction of sp³-hybridized carbons (Fsp3) is 0.548. The highest BCUT2D eigenvalue weighted by atomic mass is 31.2. The predicted molar refractivity (Wildman–Crippen MR) is 212 cm³/mol. The molecule has 298 valence electrons. The molecule has 0 aliphatic carbocycles. The maximum absolute atomic E-state index is 13.7. The lowest BCUT2D eigenvalue weighted by atomic mass is 9.80. The Bertz CT molecular complexity index is 1460. The molecule has 0 fully saturated rings. The van der Waals surface area contributed by atoms with Crippen LogP contribution in [0.2, 0.25) is 0 Å². The van der Waals surface area contributed by atoms with Gasteiger partial charge in [-0.15, -0.1) is 0 Å². The molecule has 3 rings (SSSR count). The minimum atomic E-state index is -2.61. The molecular weight excluding hydrogens is 707 g/mol. The van der Waals surface area contributed by atoms with Gasteiger partial charge in [-0.05, 0) is 41.0 Å². The van der Waals surface area contributed by atoms with E-state index in [1.807, 2.05) is 99.1 Å². The maximum Gasteiger partial charge on any atom is 0.155 e. The summed E-state index contributed by atoms with van der Waals surface area (Å²) >= 11 is 0. The van der Waals surface area contributed by atoms with Gasteiger partial charge in [-0.3, -0.25) is 0 Å². The van der Waals surface area contributed by atoms with Crippen LogP contribution in [0.3, 0.4) is 0 Å². The first-order valence-corrected chi connectivity index (χ1v) is 20.6. The third kappa shape index (κ3) is 13.5. The lowest BCUT2D eigenvalue weighted by Gasteiger charge is -2.37. The molecule has 54 heavy (non-hydrogen) atoms. The molecule has 0 heterocycles. The second kappa shape index (κ2) is 25.0. The molecule has 12 heteroatoms. The minimum Gasteiger partial charge on any atom is -0.497 e. The normalized spacial score (nSPS) is 12.1. The third-order valence-corrected chi connectivity index (χ3v) is 13.3. The first-order chi connectivity index (χ1) is 26.2. The van der Waals surface area contributed by atoms with E-state index in [2.05, 4.69) is 18.2 Å². The molecular formula is C42H61N2O9P. The van der Waals surface area contributed by atoms with Gasteiger partial charge in [-0.1, -0.05) is 82.3 Å². The van der Waals surface area contributed by atoms with E-state index in [0.29, 0.717) is 92.2 Å². The summed E-state index contributed by atoms with van der Waals surface area (Å²) in [6, 6.07) is 28.3. The number of hydrogen-bond donors (Lipinski definition) is 0. The Kier molecular flexibility index (Phi) is 20.9. The zero-order chi connectivity index (χ0) is 39.1. The number of ether oxygens (including phenoxy) is 8. The van der Waals surface area contributed by atoms with Crippen molar-refractivity contribution >= 4 is 7.29 Å². The van der Waals surface area contributed by atoms with Gasteiger partial charge in [0.05, 0.1) is 93.0 Å². The van der Waals surface area contributed by atoms with Crippen molar-refractivity contribution in [1.82, 2.24) is 4.67 Å². The van der Waals surface area contributed by atoms with E-state index in [-0.39, 0.29) is 11.3 Å². The number of rotatable bonds is 29. The van der Waals surface area contributed by atoms with Gasteiger partial charge in [0.1, 0.15) is 17.1 Å². The monoisotopic (exact) mass is 768 g/mol. The molecule has 0 bridgehead atoms. The highest BCUT2D eigenvalue weighted by molar-refractivity contribution is 7.62. The lowest BCUT2D eigenvalue weighted by Crippen LogP contribution is -2.34. The van der Waals surface area contributed by atoms with E-state index in [1.54, 1.807) is 14.2 Å². The second-order valence-corrected chi connectivity index (χ2v) is 17.1. The van der Waals surface area contributed by atoms with Crippen molar-refractivity contribution in [2.45, 2.75) is 51.0 Å². The van der Waals surface area contributed by atoms with Gasteiger partial charge in [-0.25, -0.2) is 4.67 Å². The molecule has 3 aromatic carbocycles. The summed E-state index contributed by atoms with van der Waals surface area (Å²) in [5.41, 5.74) is 2.09. The van der Waals surface area contributed by atoms with Crippen LogP contribution in [0.25, 0.3) is 0 Å². The van der Waals surface area contributed by atoms with Gasteiger partial charge >= 0.3 is 0 Å². The topological polar surface area (TPSA) is 118 Å². The van der Waals surface area contributed by atoms with Crippen LogP contribution in [0.1, 0.15) is 50.8 Å². The maximum atomic E-state index is 13.7. The summed E-state index contributed by atoms with van der Waals surface area (Å²) in [5.74, 6) is 1.54. The van der Waals surface area contributed by atoms with Crippen LogP contribution in [0, 0.1) is 11.3 Å². The Labute approximate surface area is 323 Å². The smallest absolute Gasteiger partial charge is 0.155 e. The van der Waals surface area contributed by atoms with Gasteiger partial charge < -0.3 is 42.5 Å². The SMILES string of the molecule is COc1ccc(C(OCCOCCOCCOCCOCCOCCN(CCC#N)P(=O)(C(C)C)C(C)C)(c2ccccc2)c2ccc(OC)cc2)cc1. The van der Waals surface area contributed by atoms with Crippen molar-refractivity contribution in [3.05, 3.63) is 95.6 Å². The number of methoxy groups -OCH3 is 2. The summed E-state index contributed by atoms with van der Waals surface area (Å²) < 4.78 is 61.9. The van der Waals surface area contributed by atoms with Crippen molar-refractivity contribution in [2.24, 2.45) is 0 Å². The molecule has 0 aliphatic rings. The summed E-state index contributed by atoms with van der Waals surface area (Å²) in [4.78, 5) is 0. The molecule has 0 atom stereocenters. The summed E-state index contributed by atoms with van der Waals surface area (Å²) in [7, 11) is 0.704. The molecule has 0 N–H and O–H groups in total. The Morgan fingerprint density at radius 2 is 0.963 bits per heavy atom. The molecule has 3 aromatic rings. The van der Waals surface area contributed by atoms with Crippen molar-refractivity contribution in [1.29, 1.82) is 5.26 Å². The molecule has 0 amide bonds. The molecule has 0 saturated heterocycles. The van der Waals surface area contributed by atoms with E-state index in [4.69, 9.17) is 43.2 Å². The number of benzene rings is 3. The van der Waals surface area contributed by atoms with Gasteiger partial charge in [0.25, 0.3) is 0 Å². The summed E-state index contributed by atoms with van der Waals surface area (Å²) in [6.07, 6.45) is 0.343. The quantitative estimate of drug-likeness (QED) is 0.0399. The highest BCUT2D eigenvalue weighted by Gasteiger charge is 2.38. The van der Waals surface area contributed by atoms with Gasteiger partial charge in [0.2, 0.25) is 0 Å². The minimum absolute atomic E-state index is 0.0222. The molecule has 0 aliphatic heterocycles. The van der Waals surface area contributed by atoms with Crippen molar-refractivity contribution in [3.8, 4) is 17.6 Å². The fourth-order valence-electron chi connectivity index (χ4n) is 6.33. The largest absolute Gasteiger partial charge is 0.497 e. The van der Waals surface area contributed by atoms with Crippen LogP contribution in [0.4, 0.5) is 0 Å². The first-order valence-electron chi connectivity index (χ1n) is 18.8. The first kappa shape index (κ1) is 45.1. The van der Waals surface area contributed by atoms with Crippen molar-refractivity contribution < 1.29 is 42.5 Å². The van der Waals surface area contributed by atoms with Crippen molar-refractivity contribution in [2.75, 3.05) is 100.0 Å². The molecule has 0 saturated carbocycles. The van der Waals surface area contributed by atoms with Crippen LogP contribution < -0.4 is 9.47 Å². The predicted octanol–water partition coefficient (Wildman–Crippen LogP) is 7.41. The van der Waals surface area contributed by atoms with E-state index < -0.39 is 12.9 Å². The molecule has 0 aromatic heterocycles. The van der Waals surface area contributed by atoms with E-state index >= 15 is 0 Å². The fourth-order valence-corrected chi connectivity index (χ4v) is 9.64. The van der Waals surface area contributed by atoms with E-state index in [9.17, 15) is 4.57 Å². The van der Waals surface area contributed by atoms with Crippen LogP contribution >= 0.6 is 7.29 Å². The Morgan fingerprint density at radius 1 is 0.574 bits per heavy atom. The van der Waals surface area contributed by atoms with E-state index in [0.717, 1.165) is 28.2 Å². The number of nitriles is 1. The standard InChI is InChI=1S/C42H61N2O9P/c1-35(2)54(45,36(3)4)44(22-10-21-43)23-24-48-25-26-49-27-28-50-29-30-51-31-32-52-33-34-53-42(37-11-8-7-9-12-37,38-13-17-40(46-5)18-14-38)39-15-19-41(47-6)20-16-39/h7-9,11-20,35-36H,10,22-34H2,1-6H3. The van der Waals surface area contributed by atoms with Gasteiger partial charge in [0.15, 0.2) is 7.29 Å². The van der Waals surface area contributed by atoms with Gasteiger partial charge in [-0.2, -0.15) is 5.26 Å². The second-order valence-electron chi connectivity index (χ2n) is 13.1. The summed E-state index contributed by atoms with van der Waals surface area (Å²) in [6.45, 7) is 13.7. The lowest BCUT2D eigenvalue weighted by molar-refractivity contribution is -0.0391. The van der Waals surface area contributed by atoms with Crippen molar-refractivity contribution in [3.63, 3.8) is 0 Å². The summed E-state index contributed by atoms with van der Waals surface area (Å²) in [5, 5.41) is 9.06. The zero-order valence-corrected chi connectivity index (χ0v) is 34.0. The molecule has 0 radical (unpaired) electrons. The average Bonchev–Trinajstić information content (AvgIpc) is 3.20. The number of nitrogens with zero attached hydrogens (tertiary/aromatic N) is 2. The van der Waals surface area contributed by atoms with E-state index in [1.165, 1.54) is 0 Å². The highest BCUT2D eigenvalue weighted by Crippen LogP contribution is 2.58.